The highest BCUT2D eigenvalue weighted by atomic mass is 32.2. The molecule has 1 amide bonds. The summed E-state index contributed by atoms with van der Waals surface area (Å²) in [6.45, 7) is 2.39. The number of hydrogen-bond donors (Lipinski definition) is 2. The van der Waals surface area contributed by atoms with Crippen LogP contribution in [0.3, 0.4) is 0 Å². The van der Waals surface area contributed by atoms with Crippen molar-refractivity contribution >= 4 is 17.7 Å². The lowest BCUT2D eigenvalue weighted by Gasteiger charge is -2.21. The number of carbonyl (C=O) groups is 1. The number of ether oxygens (including phenoxy) is 1. The summed E-state index contributed by atoms with van der Waals surface area (Å²) in [6.07, 6.45) is 1.91. The number of thioether (sulfide) groups is 1. The van der Waals surface area contributed by atoms with Gasteiger partial charge in [0, 0.05) is 11.3 Å². The molecule has 4 nitrogen and oxygen atoms in total. The summed E-state index contributed by atoms with van der Waals surface area (Å²) in [5.74, 6) is -0.157. The van der Waals surface area contributed by atoms with Crippen molar-refractivity contribution in [1.29, 1.82) is 0 Å². The zero-order chi connectivity index (χ0) is 14.1. The molecule has 0 aliphatic rings. The molecule has 0 saturated heterocycles. The molecule has 0 radical (unpaired) electrons. The van der Waals surface area contributed by atoms with Crippen LogP contribution >= 0.6 is 11.8 Å². The van der Waals surface area contributed by atoms with Crippen LogP contribution in [0.4, 0.5) is 0 Å². The summed E-state index contributed by atoms with van der Waals surface area (Å²) in [7, 11) is 0. The minimum atomic E-state index is -0.157. The van der Waals surface area contributed by atoms with Crippen molar-refractivity contribution < 1.29 is 14.6 Å². The first kappa shape index (κ1) is 16.0. The molecular formula is C14H21NO3S. The molecule has 1 rings (SSSR count). The van der Waals surface area contributed by atoms with Gasteiger partial charge in [0.1, 0.15) is 6.61 Å². The Morgan fingerprint density at radius 1 is 1.42 bits per heavy atom. The van der Waals surface area contributed by atoms with Crippen LogP contribution in [0.1, 0.15) is 12.5 Å². The van der Waals surface area contributed by atoms with E-state index >= 15 is 0 Å². The Morgan fingerprint density at radius 2 is 2.11 bits per heavy atom. The van der Waals surface area contributed by atoms with E-state index in [0.717, 1.165) is 5.56 Å². The normalized spacial score (nSPS) is 13.8. The Hall–Kier alpha value is -1.04. The molecule has 2 atom stereocenters. The average molecular weight is 283 g/mol. The number of aliphatic hydroxyl groups excluding tert-OH is 1. The third kappa shape index (κ3) is 6.09. The summed E-state index contributed by atoms with van der Waals surface area (Å²) < 4.78 is 5.35. The maximum Gasteiger partial charge on any atom is 0.246 e. The molecule has 0 aromatic heterocycles. The minimum Gasteiger partial charge on any atom is -0.395 e. The van der Waals surface area contributed by atoms with Crippen molar-refractivity contribution in [3.63, 3.8) is 0 Å². The predicted octanol–water partition coefficient (Wildman–Crippen LogP) is 1.43. The molecule has 1 aromatic rings. The minimum absolute atomic E-state index is 0.0121. The van der Waals surface area contributed by atoms with Crippen LogP contribution in [-0.4, -0.2) is 41.8 Å². The fourth-order valence-electron chi connectivity index (χ4n) is 1.66. The van der Waals surface area contributed by atoms with Gasteiger partial charge in [-0.2, -0.15) is 11.8 Å². The molecule has 0 aliphatic heterocycles. The van der Waals surface area contributed by atoms with E-state index in [1.807, 2.05) is 43.5 Å². The van der Waals surface area contributed by atoms with Gasteiger partial charge in [0.2, 0.25) is 5.91 Å². The van der Waals surface area contributed by atoms with Gasteiger partial charge >= 0.3 is 0 Å². The third-order valence-electron chi connectivity index (χ3n) is 2.77. The van der Waals surface area contributed by atoms with Gasteiger partial charge in [-0.25, -0.2) is 0 Å². The fourth-order valence-corrected chi connectivity index (χ4v) is 2.29. The van der Waals surface area contributed by atoms with Crippen molar-refractivity contribution in [3.8, 4) is 0 Å². The van der Waals surface area contributed by atoms with Crippen LogP contribution in [-0.2, 0) is 16.1 Å². The maximum absolute atomic E-state index is 11.7. The molecule has 2 unspecified atom stereocenters. The van der Waals surface area contributed by atoms with Crippen LogP contribution in [0, 0.1) is 0 Å². The summed E-state index contributed by atoms with van der Waals surface area (Å²) in [4.78, 5) is 11.7. The number of benzene rings is 1. The number of rotatable bonds is 8. The van der Waals surface area contributed by atoms with Crippen molar-refractivity contribution in [3.05, 3.63) is 35.9 Å². The highest BCUT2D eigenvalue weighted by Crippen LogP contribution is 2.10. The first-order chi connectivity index (χ1) is 9.17. The quantitative estimate of drug-likeness (QED) is 0.758. The van der Waals surface area contributed by atoms with Gasteiger partial charge in [0.25, 0.3) is 0 Å². The zero-order valence-corrected chi connectivity index (χ0v) is 12.2. The third-order valence-corrected chi connectivity index (χ3v) is 3.94. The molecular weight excluding hydrogens is 262 g/mol. The lowest BCUT2D eigenvalue weighted by atomic mass is 10.2. The number of aliphatic hydroxyl groups is 1. The highest BCUT2D eigenvalue weighted by molar-refractivity contribution is 7.99. The SMILES string of the molecule is CSC(CO)C(C)NC(=O)COCc1ccccc1. The molecule has 0 spiro atoms. The number of hydrogen-bond acceptors (Lipinski definition) is 4. The summed E-state index contributed by atoms with van der Waals surface area (Å²) >= 11 is 1.54. The van der Waals surface area contributed by atoms with Gasteiger partial charge < -0.3 is 15.2 Å². The summed E-state index contributed by atoms with van der Waals surface area (Å²) in [5.41, 5.74) is 1.04. The van der Waals surface area contributed by atoms with Gasteiger partial charge in [-0.15, -0.1) is 0 Å². The molecule has 0 bridgehead atoms. The first-order valence-electron chi connectivity index (χ1n) is 6.22. The van der Waals surface area contributed by atoms with Crippen molar-refractivity contribution in [2.24, 2.45) is 0 Å². The fraction of sp³-hybridized carbons (Fsp3) is 0.500. The maximum atomic E-state index is 11.7. The van der Waals surface area contributed by atoms with Gasteiger partial charge in [-0.3, -0.25) is 4.79 Å². The van der Waals surface area contributed by atoms with Crippen LogP contribution < -0.4 is 5.32 Å². The van der Waals surface area contributed by atoms with Gasteiger partial charge in [0.15, 0.2) is 0 Å². The van der Waals surface area contributed by atoms with Crippen LogP contribution in [0.5, 0.6) is 0 Å². The van der Waals surface area contributed by atoms with E-state index in [4.69, 9.17) is 9.84 Å². The second kappa shape index (κ2) is 8.96. The second-order valence-corrected chi connectivity index (χ2v) is 5.37. The zero-order valence-electron chi connectivity index (χ0n) is 11.3. The summed E-state index contributed by atoms with van der Waals surface area (Å²) in [6, 6.07) is 9.64. The lowest BCUT2D eigenvalue weighted by Crippen LogP contribution is -2.42. The van der Waals surface area contributed by atoms with E-state index in [1.54, 1.807) is 0 Å². The van der Waals surface area contributed by atoms with E-state index in [9.17, 15) is 4.79 Å². The summed E-state index contributed by atoms with van der Waals surface area (Å²) in [5, 5.41) is 12.0. The van der Waals surface area contributed by atoms with E-state index in [-0.39, 0.29) is 30.4 Å². The molecule has 2 N–H and O–H groups in total. The standard InChI is InChI=1S/C14H21NO3S/c1-11(13(8-16)19-2)15-14(17)10-18-9-12-6-4-3-5-7-12/h3-7,11,13,16H,8-10H2,1-2H3,(H,15,17). The molecule has 0 saturated carbocycles. The van der Waals surface area contributed by atoms with Crippen molar-refractivity contribution in [2.75, 3.05) is 19.5 Å². The van der Waals surface area contributed by atoms with E-state index in [2.05, 4.69) is 5.32 Å². The van der Waals surface area contributed by atoms with Crippen molar-refractivity contribution in [1.82, 2.24) is 5.32 Å². The molecule has 0 aliphatic carbocycles. The van der Waals surface area contributed by atoms with Gasteiger partial charge in [0.05, 0.1) is 13.2 Å². The van der Waals surface area contributed by atoms with Gasteiger partial charge in [-0.05, 0) is 18.7 Å². The highest BCUT2D eigenvalue weighted by Gasteiger charge is 2.17. The Bertz CT molecular complexity index is 368. The Morgan fingerprint density at radius 3 is 2.68 bits per heavy atom. The monoisotopic (exact) mass is 283 g/mol. The first-order valence-corrected chi connectivity index (χ1v) is 7.50. The molecule has 5 heteroatoms. The largest absolute Gasteiger partial charge is 0.395 e. The Labute approximate surface area is 118 Å². The van der Waals surface area contributed by atoms with Gasteiger partial charge in [-0.1, -0.05) is 30.3 Å². The lowest BCUT2D eigenvalue weighted by molar-refractivity contribution is -0.126. The molecule has 106 valence electrons. The van der Waals surface area contributed by atoms with E-state index in [1.165, 1.54) is 11.8 Å². The number of nitrogens with one attached hydrogen (secondary N) is 1. The van der Waals surface area contributed by atoms with Crippen LogP contribution in [0.2, 0.25) is 0 Å². The smallest absolute Gasteiger partial charge is 0.246 e. The number of amides is 1. The van der Waals surface area contributed by atoms with E-state index in [0.29, 0.717) is 6.61 Å². The van der Waals surface area contributed by atoms with E-state index < -0.39 is 0 Å². The van der Waals surface area contributed by atoms with Crippen LogP contribution in [0.25, 0.3) is 0 Å². The number of carbonyl (C=O) groups excluding carboxylic acids is 1. The predicted molar refractivity (Wildman–Crippen MR) is 78.1 cm³/mol. The second-order valence-electron chi connectivity index (χ2n) is 4.29. The van der Waals surface area contributed by atoms with Crippen molar-refractivity contribution in [2.45, 2.75) is 24.8 Å². The molecule has 1 aromatic carbocycles. The van der Waals surface area contributed by atoms with Crippen LogP contribution in [0.15, 0.2) is 30.3 Å². The molecule has 19 heavy (non-hydrogen) atoms. The average Bonchev–Trinajstić information content (AvgIpc) is 2.41. The Kier molecular flexibility index (Phi) is 7.55. The Balaban J connectivity index is 2.24. The topological polar surface area (TPSA) is 58.6 Å². The molecule has 0 fully saturated rings. The molecule has 0 heterocycles.